The van der Waals surface area contributed by atoms with E-state index < -0.39 is 0 Å². The largest absolute Gasteiger partial charge is 0.333 e. The number of nitrogens with two attached hydrogens (primary N) is 1. The second-order valence-corrected chi connectivity index (χ2v) is 4.58. The summed E-state index contributed by atoms with van der Waals surface area (Å²) >= 11 is 3.79. The molecule has 2 heteroatoms. The smallest absolute Gasteiger partial charge is 0.0126 e. The Balaban J connectivity index is 0. The molecule has 0 saturated heterocycles. The van der Waals surface area contributed by atoms with Gasteiger partial charge < -0.3 is 5.73 Å². The lowest BCUT2D eigenvalue weighted by Gasteiger charge is -2.02. The summed E-state index contributed by atoms with van der Waals surface area (Å²) in [6.07, 6.45) is 6.41. The number of hydrogen-bond donors (Lipinski definition) is 2. The standard InChI is InChI=1S/C13H20.C2H6S.CH5N/c1-3-5-6-8-13-10-7-9-12(4-2)11-13;1-2-3;1-2/h7,9-11H,3-6,8H2,1-2H3;3H,2H2,1H3;2H2,1H3. The predicted octanol–water partition coefficient (Wildman–Crippen LogP) is 4.49. The fourth-order valence-electron chi connectivity index (χ4n) is 1.58. The normalized spacial score (nSPS) is 8.78. The molecule has 1 aromatic rings. The van der Waals surface area contributed by atoms with Crippen LogP contribution in [-0.2, 0) is 12.8 Å². The lowest BCUT2D eigenvalue weighted by atomic mass is 10.0. The summed E-state index contributed by atoms with van der Waals surface area (Å²) in [5.41, 5.74) is 7.47. The molecule has 0 heterocycles. The van der Waals surface area contributed by atoms with Gasteiger partial charge in [-0.25, -0.2) is 0 Å². The molecule has 0 aliphatic rings. The Labute approximate surface area is 120 Å². The minimum Gasteiger partial charge on any atom is -0.333 e. The molecule has 0 unspecified atom stereocenters. The van der Waals surface area contributed by atoms with Gasteiger partial charge in [-0.05, 0) is 43.2 Å². The van der Waals surface area contributed by atoms with Gasteiger partial charge >= 0.3 is 0 Å². The van der Waals surface area contributed by atoms with Crippen LogP contribution in [0.2, 0.25) is 0 Å². The van der Waals surface area contributed by atoms with Gasteiger partial charge in [0.05, 0.1) is 0 Å². The topological polar surface area (TPSA) is 26.0 Å². The van der Waals surface area contributed by atoms with Crippen molar-refractivity contribution in [3.05, 3.63) is 35.4 Å². The average Bonchev–Trinajstić information content (AvgIpc) is 2.42. The van der Waals surface area contributed by atoms with E-state index >= 15 is 0 Å². The lowest BCUT2D eigenvalue weighted by molar-refractivity contribution is 0.717. The highest BCUT2D eigenvalue weighted by Gasteiger charge is 1.94. The van der Waals surface area contributed by atoms with Crippen molar-refractivity contribution in [3.8, 4) is 0 Å². The fourth-order valence-corrected chi connectivity index (χ4v) is 1.58. The highest BCUT2D eigenvalue weighted by atomic mass is 32.1. The Morgan fingerprint density at radius 3 is 2.06 bits per heavy atom. The highest BCUT2D eigenvalue weighted by molar-refractivity contribution is 7.80. The van der Waals surface area contributed by atoms with Gasteiger partial charge in [-0.3, -0.25) is 0 Å². The van der Waals surface area contributed by atoms with Gasteiger partial charge in [0.2, 0.25) is 0 Å². The number of unbranched alkanes of at least 4 members (excludes halogenated alkanes) is 2. The van der Waals surface area contributed by atoms with Crippen LogP contribution in [0.1, 0.15) is 51.2 Å². The van der Waals surface area contributed by atoms with Crippen LogP contribution in [0, 0.1) is 0 Å². The average molecular weight is 269 g/mol. The summed E-state index contributed by atoms with van der Waals surface area (Å²) < 4.78 is 0. The van der Waals surface area contributed by atoms with Gasteiger partial charge in [0, 0.05) is 0 Å². The van der Waals surface area contributed by atoms with E-state index in [2.05, 4.69) is 56.5 Å². The Bertz CT molecular complexity index is 261. The maximum atomic E-state index is 4.50. The minimum atomic E-state index is 0.944. The van der Waals surface area contributed by atoms with Crippen molar-refractivity contribution in [2.24, 2.45) is 5.73 Å². The number of rotatable bonds is 5. The highest BCUT2D eigenvalue weighted by Crippen LogP contribution is 2.09. The molecule has 0 bridgehead atoms. The molecule has 0 fully saturated rings. The van der Waals surface area contributed by atoms with Gasteiger partial charge in [-0.15, -0.1) is 0 Å². The molecular weight excluding hydrogens is 238 g/mol. The van der Waals surface area contributed by atoms with Crippen LogP contribution >= 0.6 is 12.6 Å². The van der Waals surface area contributed by atoms with Gasteiger partial charge in [0.15, 0.2) is 0 Å². The van der Waals surface area contributed by atoms with Crippen LogP contribution in [0.25, 0.3) is 0 Å². The second kappa shape index (κ2) is 16.5. The van der Waals surface area contributed by atoms with Gasteiger partial charge in [-0.1, -0.05) is 57.9 Å². The molecule has 2 N–H and O–H groups in total. The molecule has 0 spiro atoms. The van der Waals surface area contributed by atoms with Crippen molar-refractivity contribution in [2.45, 2.75) is 52.9 Å². The third-order valence-electron chi connectivity index (χ3n) is 2.47. The van der Waals surface area contributed by atoms with Crippen LogP contribution < -0.4 is 5.73 Å². The van der Waals surface area contributed by atoms with Crippen molar-refractivity contribution < 1.29 is 0 Å². The second-order valence-electron chi connectivity index (χ2n) is 3.95. The van der Waals surface area contributed by atoms with Crippen LogP contribution in [0.3, 0.4) is 0 Å². The van der Waals surface area contributed by atoms with Gasteiger partial charge in [0.1, 0.15) is 0 Å². The van der Waals surface area contributed by atoms with Crippen molar-refractivity contribution in [3.63, 3.8) is 0 Å². The van der Waals surface area contributed by atoms with Gasteiger partial charge in [-0.2, -0.15) is 12.6 Å². The SMILES string of the molecule is CCCCCc1cccc(CC)c1.CCS.CN. The molecule has 0 aliphatic carbocycles. The summed E-state index contributed by atoms with van der Waals surface area (Å²) in [5.74, 6) is 0.944. The van der Waals surface area contributed by atoms with Crippen molar-refractivity contribution in [2.75, 3.05) is 12.8 Å². The zero-order chi connectivity index (χ0) is 14.2. The summed E-state index contributed by atoms with van der Waals surface area (Å²) in [6, 6.07) is 8.98. The van der Waals surface area contributed by atoms with E-state index in [0.717, 1.165) is 12.2 Å². The first-order valence-corrected chi connectivity index (χ1v) is 7.68. The van der Waals surface area contributed by atoms with Crippen molar-refractivity contribution >= 4 is 12.6 Å². The van der Waals surface area contributed by atoms with Crippen LogP contribution in [0.15, 0.2) is 24.3 Å². The third kappa shape index (κ3) is 12.0. The van der Waals surface area contributed by atoms with Crippen molar-refractivity contribution in [1.82, 2.24) is 0 Å². The maximum absolute atomic E-state index is 4.50. The number of aryl methyl sites for hydroxylation is 2. The van der Waals surface area contributed by atoms with Crippen LogP contribution in [0.5, 0.6) is 0 Å². The van der Waals surface area contributed by atoms with Crippen molar-refractivity contribution in [1.29, 1.82) is 0 Å². The van der Waals surface area contributed by atoms with E-state index in [0.29, 0.717) is 0 Å². The third-order valence-corrected chi connectivity index (χ3v) is 2.47. The molecule has 1 nitrogen and oxygen atoms in total. The van der Waals surface area contributed by atoms with E-state index in [1.54, 1.807) is 0 Å². The molecule has 106 valence electrons. The molecular formula is C16H31NS. The monoisotopic (exact) mass is 269 g/mol. The minimum absolute atomic E-state index is 0.944. The molecule has 1 aromatic carbocycles. The van der Waals surface area contributed by atoms with E-state index in [-0.39, 0.29) is 0 Å². The Morgan fingerprint density at radius 2 is 1.56 bits per heavy atom. The first-order chi connectivity index (χ1) is 8.78. The van der Waals surface area contributed by atoms with Crippen LogP contribution in [0.4, 0.5) is 0 Å². The summed E-state index contributed by atoms with van der Waals surface area (Å²) in [7, 11) is 1.50. The van der Waals surface area contributed by atoms with E-state index in [4.69, 9.17) is 0 Å². The fraction of sp³-hybridized carbons (Fsp3) is 0.625. The molecule has 0 amide bonds. The molecule has 0 aliphatic heterocycles. The molecule has 0 aromatic heterocycles. The molecule has 0 atom stereocenters. The van der Waals surface area contributed by atoms with E-state index in [1.165, 1.54) is 43.9 Å². The number of thiol groups is 1. The zero-order valence-electron chi connectivity index (χ0n) is 12.6. The van der Waals surface area contributed by atoms with Gasteiger partial charge in [0.25, 0.3) is 0 Å². The Kier molecular flexibility index (Phi) is 18.2. The van der Waals surface area contributed by atoms with Crippen LogP contribution in [-0.4, -0.2) is 12.8 Å². The van der Waals surface area contributed by atoms with E-state index in [9.17, 15) is 0 Å². The first-order valence-electron chi connectivity index (χ1n) is 7.04. The molecule has 0 radical (unpaired) electrons. The number of hydrogen-bond acceptors (Lipinski definition) is 2. The zero-order valence-corrected chi connectivity index (χ0v) is 13.5. The van der Waals surface area contributed by atoms with E-state index in [1.807, 2.05) is 6.92 Å². The predicted molar refractivity (Wildman–Crippen MR) is 88.7 cm³/mol. The first kappa shape index (κ1) is 19.9. The summed E-state index contributed by atoms with van der Waals surface area (Å²) in [6.45, 7) is 6.46. The number of benzene rings is 1. The lowest BCUT2D eigenvalue weighted by Crippen LogP contribution is -1.87. The molecule has 0 saturated carbocycles. The molecule has 1 rings (SSSR count). The Morgan fingerprint density at radius 1 is 1.00 bits per heavy atom. The summed E-state index contributed by atoms with van der Waals surface area (Å²) in [4.78, 5) is 0. The quantitative estimate of drug-likeness (QED) is 0.597. The maximum Gasteiger partial charge on any atom is -0.0126 e. The summed E-state index contributed by atoms with van der Waals surface area (Å²) in [5, 5.41) is 0. The Hall–Kier alpha value is -0.470. The molecule has 18 heavy (non-hydrogen) atoms.